The van der Waals surface area contributed by atoms with Crippen LogP contribution < -0.4 is 5.32 Å². The molecule has 1 unspecified atom stereocenters. The van der Waals surface area contributed by atoms with Gasteiger partial charge in [-0.05, 0) is 0 Å². The molecule has 0 fully saturated rings. The Morgan fingerprint density at radius 1 is 1.32 bits per heavy atom. The van der Waals surface area contributed by atoms with E-state index in [4.69, 9.17) is 11.4 Å². The average molecular weight is 353 g/mol. The van der Waals surface area contributed by atoms with E-state index in [1.165, 1.54) is 0 Å². The molecule has 0 saturated heterocycles. The molecule has 0 aromatic heterocycles. The molecule has 0 radical (unpaired) electrons. The number of rotatable bonds is 13. The third-order valence-corrected chi connectivity index (χ3v) is 7.80. The Kier molecular flexibility index (Phi) is 12.1. The summed E-state index contributed by atoms with van der Waals surface area (Å²) in [7, 11) is 0. The molecule has 22 heavy (non-hydrogen) atoms. The van der Waals surface area contributed by atoms with Gasteiger partial charge in [0, 0.05) is 0 Å². The van der Waals surface area contributed by atoms with Gasteiger partial charge in [-0.25, -0.2) is 0 Å². The van der Waals surface area contributed by atoms with Gasteiger partial charge < -0.3 is 0 Å². The molecule has 0 bridgehead atoms. The fourth-order valence-corrected chi connectivity index (χ4v) is 5.72. The number of carbonyl (C=O) groups excluding carboxylic acids is 1. The first-order chi connectivity index (χ1) is 10.3. The van der Waals surface area contributed by atoms with Crippen LogP contribution in [0.2, 0.25) is 9.95 Å². The molecule has 0 aliphatic carbocycles. The molecule has 6 nitrogen and oxygen atoms in total. The average Bonchev–Trinajstić information content (AvgIpc) is 2.44. The molecule has 130 valence electrons. The Morgan fingerprint density at radius 3 is 2.41 bits per heavy atom. The molecular weight excluding hydrogens is 322 g/mol. The minimum atomic E-state index is -2.57. The third-order valence-electron chi connectivity index (χ3n) is 3.02. The third kappa shape index (κ3) is 10.5. The van der Waals surface area contributed by atoms with E-state index >= 15 is 0 Å². The quantitative estimate of drug-likeness (QED) is 0.228. The number of hydrogen-bond acceptors (Lipinski definition) is 6. The van der Waals surface area contributed by atoms with Gasteiger partial charge in [-0.2, -0.15) is 0 Å². The Hall–Kier alpha value is -0.236. The van der Waals surface area contributed by atoms with Gasteiger partial charge in [-0.15, -0.1) is 0 Å². The van der Waals surface area contributed by atoms with Crippen LogP contribution in [0.15, 0.2) is 12.2 Å². The van der Waals surface area contributed by atoms with Crippen molar-refractivity contribution in [1.82, 2.24) is 5.32 Å². The van der Waals surface area contributed by atoms with Crippen molar-refractivity contribution in [1.29, 1.82) is 0 Å². The van der Waals surface area contributed by atoms with Crippen molar-refractivity contribution in [3.8, 4) is 0 Å². The Bertz CT molecular complexity index is 332. The van der Waals surface area contributed by atoms with Crippen LogP contribution in [-0.4, -0.2) is 50.1 Å². The second kappa shape index (κ2) is 12.2. The van der Waals surface area contributed by atoms with Crippen LogP contribution in [0.1, 0.15) is 27.2 Å². The Morgan fingerprint density at radius 2 is 1.91 bits per heavy atom. The normalized spacial score (nSPS) is 13.0. The summed E-state index contributed by atoms with van der Waals surface area (Å²) in [6.07, 6.45) is 0.226. The van der Waals surface area contributed by atoms with E-state index in [1.54, 1.807) is 6.92 Å². The second-order valence-electron chi connectivity index (χ2n) is 5.34. The predicted octanol–water partition coefficient (Wildman–Crippen LogP) is 1.97. The topological polar surface area (TPSA) is 77.0 Å². The Labute approximate surface area is 138 Å². The molecule has 0 aliphatic heterocycles. The molecule has 1 atom stereocenters. The molecule has 0 aliphatic rings. The molecule has 7 heteroatoms. The van der Waals surface area contributed by atoms with Crippen LogP contribution in [-0.2, 0) is 33.5 Å². The van der Waals surface area contributed by atoms with Gasteiger partial charge >= 0.3 is 138 Å². The summed E-state index contributed by atoms with van der Waals surface area (Å²) in [5, 5.41) is 15.0. The zero-order valence-corrected chi connectivity index (χ0v) is 15.9. The van der Waals surface area contributed by atoms with Gasteiger partial charge in [0.25, 0.3) is 0 Å². The number of hydrogen-bond donors (Lipinski definition) is 2. The number of aliphatic hydroxyl groups is 1. The SMILES string of the molecule is C=C(C)C(=O)OCC(O)CNCC[CH2][Ti]([CH3])([O]CC)[O]CC. The first kappa shape index (κ1) is 21.8. The predicted molar refractivity (Wildman–Crippen MR) is 83.2 cm³/mol. The first-order valence-corrected chi connectivity index (χ1v) is 11.8. The summed E-state index contributed by atoms with van der Waals surface area (Å²) in [5.41, 5.74) is 0.331. The van der Waals surface area contributed by atoms with E-state index in [2.05, 4.69) is 17.1 Å². The van der Waals surface area contributed by atoms with Crippen molar-refractivity contribution in [3.63, 3.8) is 0 Å². The monoisotopic (exact) mass is 353 g/mol. The van der Waals surface area contributed by atoms with E-state index < -0.39 is 29.4 Å². The van der Waals surface area contributed by atoms with Gasteiger partial charge in [0.15, 0.2) is 0 Å². The zero-order valence-electron chi connectivity index (χ0n) is 14.3. The van der Waals surface area contributed by atoms with Gasteiger partial charge in [-0.3, -0.25) is 0 Å². The maximum atomic E-state index is 11.2. The second-order valence-corrected chi connectivity index (χ2v) is 10.6. The number of nitrogens with one attached hydrogen (secondary N) is 1. The standard InChI is InChI=1S/C10H18NO3.2C2H5O.CH3.Ti/c1-4-5-11-6-9(12)7-14-10(13)8(2)3;2*1-2-3;;/h9,11-12H,1-2,4-7H2,3H3;2*2H2,1H3;1H3;/q;2*-1;;+2. The summed E-state index contributed by atoms with van der Waals surface area (Å²) < 4.78 is 17.4. The van der Waals surface area contributed by atoms with Crippen LogP contribution in [0, 0.1) is 0 Å². The fraction of sp³-hybridized carbons (Fsp3) is 0.800. The van der Waals surface area contributed by atoms with Gasteiger partial charge in [0.05, 0.1) is 0 Å². The van der Waals surface area contributed by atoms with Gasteiger partial charge in [0.1, 0.15) is 0 Å². The molecule has 2 N–H and O–H groups in total. The Balaban J connectivity index is 3.78. The van der Waals surface area contributed by atoms with Crippen molar-refractivity contribution in [2.75, 3.05) is 32.9 Å². The molecule has 0 rings (SSSR count). The maximum absolute atomic E-state index is 11.2. The van der Waals surface area contributed by atoms with Crippen molar-refractivity contribution in [2.24, 2.45) is 0 Å². The molecule has 0 aromatic rings. The van der Waals surface area contributed by atoms with Crippen molar-refractivity contribution in [3.05, 3.63) is 12.2 Å². The van der Waals surface area contributed by atoms with Crippen LogP contribution in [0.3, 0.4) is 0 Å². The first-order valence-electron chi connectivity index (χ1n) is 7.84. The van der Waals surface area contributed by atoms with E-state index in [1.807, 2.05) is 13.8 Å². The fourth-order valence-electron chi connectivity index (χ4n) is 1.95. The molecular formula is C15H31NO5Ti. The van der Waals surface area contributed by atoms with Crippen molar-refractivity contribution < 1.29 is 38.6 Å². The summed E-state index contributed by atoms with van der Waals surface area (Å²) in [6.45, 7) is 11.6. The number of esters is 1. The minimum absolute atomic E-state index is 0.0217. The van der Waals surface area contributed by atoms with Crippen LogP contribution >= 0.6 is 0 Å². The zero-order chi connectivity index (χ0) is 17.0. The molecule has 0 heterocycles. The number of aliphatic hydroxyl groups excluding tert-OH is 1. The van der Waals surface area contributed by atoms with Crippen molar-refractivity contribution >= 4 is 5.97 Å². The van der Waals surface area contributed by atoms with E-state index in [0.717, 1.165) is 17.7 Å². The van der Waals surface area contributed by atoms with Crippen molar-refractivity contribution in [2.45, 2.75) is 43.2 Å². The van der Waals surface area contributed by atoms with Crippen LogP contribution in [0.5, 0.6) is 0 Å². The molecule has 0 saturated carbocycles. The number of carbonyl (C=O) groups is 1. The van der Waals surface area contributed by atoms with E-state index in [0.29, 0.717) is 25.3 Å². The summed E-state index contributed by atoms with van der Waals surface area (Å²) in [6, 6.07) is 0. The van der Waals surface area contributed by atoms with Gasteiger partial charge in [0.2, 0.25) is 0 Å². The van der Waals surface area contributed by atoms with Crippen LogP contribution in [0.25, 0.3) is 0 Å². The van der Waals surface area contributed by atoms with Crippen LogP contribution in [0.4, 0.5) is 0 Å². The van der Waals surface area contributed by atoms with Gasteiger partial charge in [-0.1, -0.05) is 0 Å². The summed E-state index contributed by atoms with van der Waals surface area (Å²) in [4.78, 5) is 11.2. The summed E-state index contributed by atoms with van der Waals surface area (Å²) >= 11 is -2.57. The number of ether oxygens (including phenoxy) is 1. The van der Waals surface area contributed by atoms with E-state index in [9.17, 15) is 9.90 Å². The molecule has 0 spiro atoms. The summed E-state index contributed by atoms with van der Waals surface area (Å²) in [5.74, 6) is -0.476. The van der Waals surface area contributed by atoms with E-state index in [-0.39, 0.29) is 6.61 Å². The molecule has 0 aromatic carbocycles. The molecule has 0 amide bonds.